The molecule has 0 radical (unpaired) electrons. The van der Waals surface area contributed by atoms with E-state index in [2.05, 4.69) is 33.7 Å². The monoisotopic (exact) mass is 455 g/mol. The summed E-state index contributed by atoms with van der Waals surface area (Å²) in [6, 6.07) is 6.37. The summed E-state index contributed by atoms with van der Waals surface area (Å²) >= 11 is 0. The number of halogens is 1. The van der Waals surface area contributed by atoms with Gasteiger partial charge in [-0.25, -0.2) is 0 Å². The summed E-state index contributed by atoms with van der Waals surface area (Å²) in [6.07, 6.45) is 10.1. The molecule has 0 bridgehead atoms. The maximum atomic E-state index is 5.76. The summed E-state index contributed by atoms with van der Waals surface area (Å²) in [7, 11) is 1.76. The summed E-state index contributed by atoms with van der Waals surface area (Å²) < 4.78 is 11.4. The van der Waals surface area contributed by atoms with Gasteiger partial charge in [0.2, 0.25) is 0 Å². The minimum atomic E-state index is 0. The van der Waals surface area contributed by atoms with E-state index in [1.165, 1.54) is 18.4 Å². The van der Waals surface area contributed by atoms with Crippen molar-refractivity contribution in [1.29, 1.82) is 0 Å². The maximum Gasteiger partial charge on any atom is 0.191 e. The Morgan fingerprint density at radius 2 is 1.92 bits per heavy atom. The average Bonchev–Trinajstić information content (AvgIpc) is 3.11. The van der Waals surface area contributed by atoms with Crippen LogP contribution in [0.4, 0.5) is 0 Å². The Morgan fingerprint density at radius 1 is 1.20 bits per heavy atom. The second kappa shape index (κ2) is 9.18. The van der Waals surface area contributed by atoms with Gasteiger partial charge in [0.05, 0.1) is 6.54 Å². The molecule has 1 heterocycles. The first-order valence-corrected chi connectivity index (χ1v) is 8.55. The Hall–Kier alpha value is -1.62. The molecule has 0 unspecified atom stereocenters. The number of rotatable bonds is 4. The number of ether oxygens (including phenoxy) is 2. The van der Waals surface area contributed by atoms with Crippen LogP contribution >= 0.6 is 24.0 Å². The van der Waals surface area contributed by atoms with Crippen LogP contribution in [0.25, 0.3) is 0 Å². The number of nitrogens with one attached hydrogen (secondary N) is 2. The van der Waals surface area contributed by atoms with Crippen molar-refractivity contribution in [2.45, 2.75) is 31.1 Å². The van der Waals surface area contributed by atoms with Crippen molar-refractivity contribution in [2.24, 2.45) is 4.99 Å². The van der Waals surface area contributed by atoms with E-state index in [1.807, 2.05) is 6.07 Å². The van der Waals surface area contributed by atoms with Gasteiger partial charge in [-0.05, 0) is 30.5 Å². The molecule has 0 saturated heterocycles. The highest BCUT2D eigenvalue weighted by Gasteiger charge is 2.36. The molecule has 0 aromatic heterocycles. The van der Waals surface area contributed by atoms with Gasteiger partial charge in [-0.3, -0.25) is 4.99 Å². The normalized spacial score (nSPS) is 18.0. The Kier molecular flexibility index (Phi) is 7.24. The maximum absolute atomic E-state index is 5.76. The summed E-state index contributed by atoms with van der Waals surface area (Å²) in [5.74, 6) is 5.03. The molecular weight excluding hydrogens is 429 g/mol. The SMILES string of the molecule is C#CCNC(=NC)NCC1(c2ccc3c(c2)OCCO3)CCCC1.I. The summed E-state index contributed by atoms with van der Waals surface area (Å²) in [4.78, 5) is 4.24. The smallest absolute Gasteiger partial charge is 0.191 e. The fourth-order valence-electron chi connectivity index (χ4n) is 3.60. The molecule has 25 heavy (non-hydrogen) atoms. The topological polar surface area (TPSA) is 54.9 Å². The third kappa shape index (κ3) is 4.51. The zero-order chi connectivity index (χ0) is 16.8. The van der Waals surface area contributed by atoms with Gasteiger partial charge in [-0.15, -0.1) is 30.4 Å². The highest BCUT2D eigenvalue weighted by Crippen LogP contribution is 2.43. The third-order valence-corrected chi connectivity index (χ3v) is 4.89. The zero-order valence-corrected chi connectivity index (χ0v) is 17.0. The first kappa shape index (κ1) is 19.7. The summed E-state index contributed by atoms with van der Waals surface area (Å²) in [6.45, 7) is 2.54. The lowest BCUT2D eigenvalue weighted by molar-refractivity contribution is 0.171. The van der Waals surface area contributed by atoms with E-state index in [-0.39, 0.29) is 29.4 Å². The van der Waals surface area contributed by atoms with Gasteiger partial charge in [0, 0.05) is 19.0 Å². The molecule has 2 N–H and O–H groups in total. The van der Waals surface area contributed by atoms with Crippen LogP contribution in [0.15, 0.2) is 23.2 Å². The van der Waals surface area contributed by atoms with Crippen LogP contribution in [-0.4, -0.2) is 39.3 Å². The Bertz CT molecular complexity index is 649. The molecule has 1 aromatic rings. The molecule has 0 atom stereocenters. The molecule has 6 heteroatoms. The van der Waals surface area contributed by atoms with E-state index in [0.717, 1.165) is 36.8 Å². The molecule has 2 aliphatic rings. The Morgan fingerprint density at radius 3 is 2.60 bits per heavy atom. The van der Waals surface area contributed by atoms with E-state index in [1.54, 1.807) is 7.05 Å². The van der Waals surface area contributed by atoms with Crippen molar-refractivity contribution in [3.63, 3.8) is 0 Å². The molecule has 0 amide bonds. The molecule has 5 nitrogen and oxygen atoms in total. The predicted octanol–water partition coefficient (Wildman–Crippen LogP) is 2.69. The fraction of sp³-hybridized carbons (Fsp3) is 0.526. The zero-order valence-electron chi connectivity index (χ0n) is 14.6. The second-order valence-corrected chi connectivity index (χ2v) is 6.33. The number of benzene rings is 1. The number of aliphatic imine (C=N–C) groups is 1. The minimum absolute atomic E-state index is 0. The molecular formula is C19H26IN3O2. The second-order valence-electron chi connectivity index (χ2n) is 6.33. The standard InChI is InChI=1S/C19H25N3O2.HI/c1-3-10-21-18(20-2)22-14-19(8-4-5-9-19)15-6-7-16-17(13-15)24-12-11-23-16;/h1,6-7,13H,4-5,8-12,14H2,2H3,(H2,20,21,22);1H. The first-order valence-electron chi connectivity index (χ1n) is 8.55. The first-order chi connectivity index (χ1) is 11.8. The van der Waals surface area contributed by atoms with Crippen molar-refractivity contribution in [1.82, 2.24) is 10.6 Å². The quantitative estimate of drug-likeness (QED) is 0.317. The molecule has 1 aliphatic carbocycles. The van der Waals surface area contributed by atoms with Crippen LogP contribution in [0.3, 0.4) is 0 Å². The minimum Gasteiger partial charge on any atom is -0.486 e. The summed E-state index contributed by atoms with van der Waals surface area (Å²) in [5, 5.41) is 6.56. The van der Waals surface area contributed by atoms with Gasteiger partial charge in [-0.2, -0.15) is 0 Å². The third-order valence-electron chi connectivity index (χ3n) is 4.89. The van der Waals surface area contributed by atoms with Gasteiger partial charge < -0.3 is 20.1 Å². The molecule has 1 fully saturated rings. The van der Waals surface area contributed by atoms with Crippen LogP contribution in [0.5, 0.6) is 11.5 Å². The number of hydrogen-bond acceptors (Lipinski definition) is 3. The number of hydrogen-bond donors (Lipinski definition) is 2. The van der Waals surface area contributed by atoms with Gasteiger partial charge in [0.25, 0.3) is 0 Å². The number of fused-ring (bicyclic) bond motifs is 1. The average molecular weight is 455 g/mol. The van der Waals surface area contributed by atoms with Crippen LogP contribution in [0.2, 0.25) is 0 Å². The van der Waals surface area contributed by atoms with Gasteiger partial charge >= 0.3 is 0 Å². The number of nitrogens with zero attached hydrogens (tertiary/aromatic N) is 1. The summed E-state index contributed by atoms with van der Waals surface area (Å²) in [5.41, 5.74) is 1.41. The van der Waals surface area contributed by atoms with Crippen molar-refractivity contribution in [2.75, 3.05) is 33.4 Å². The van der Waals surface area contributed by atoms with E-state index < -0.39 is 0 Å². The highest BCUT2D eigenvalue weighted by atomic mass is 127. The molecule has 136 valence electrons. The van der Waals surface area contributed by atoms with Crippen LogP contribution < -0.4 is 20.1 Å². The van der Waals surface area contributed by atoms with E-state index in [0.29, 0.717) is 19.8 Å². The van der Waals surface area contributed by atoms with E-state index in [9.17, 15) is 0 Å². The van der Waals surface area contributed by atoms with Crippen molar-refractivity contribution >= 4 is 29.9 Å². The highest BCUT2D eigenvalue weighted by molar-refractivity contribution is 14.0. The largest absolute Gasteiger partial charge is 0.486 e. The lowest BCUT2D eigenvalue weighted by atomic mass is 9.78. The van der Waals surface area contributed by atoms with Crippen molar-refractivity contribution in [3.05, 3.63) is 23.8 Å². The number of guanidine groups is 1. The predicted molar refractivity (Wildman–Crippen MR) is 111 cm³/mol. The van der Waals surface area contributed by atoms with E-state index in [4.69, 9.17) is 15.9 Å². The van der Waals surface area contributed by atoms with Gasteiger partial charge in [-0.1, -0.05) is 24.8 Å². The lowest BCUT2D eigenvalue weighted by Gasteiger charge is -2.32. The van der Waals surface area contributed by atoms with Crippen LogP contribution in [-0.2, 0) is 5.41 Å². The molecule has 1 saturated carbocycles. The Labute approximate surface area is 167 Å². The van der Waals surface area contributed by atoms with Crippen LogP contribution in [0.1, 0.15) is 31.2 Å². The van der Waals surface area contributed by atoms with Crippen LogP contribution in [0, 0.1) is 12.3 Å². The fourth-order valence-corrected chi connectivity index (χ4v) is 3.60. The van der Waals surface area contributed by atoms with Gasteiger partial charge in [0.15, 0.2) is 17.5 Å². The van der Waals surface area contributed by atoms with Crippen molar-refractivity contribution in [3.8, 4) is 23.8 Å². The van der Waals surface area contributed by atoms with E-state index >= 15 is 0 Å². The Balaban J connectivity index is 0.00000225. The molecule has 0 spiro atoms. The number of terminal acetylenes is 1. The lowest BCUT2D eigenvalue weighted by Crippen LogP contribution is -2.44. The molecule has 1 aliphatic heterocycles. The molecule has 1 aromatic carbocycles. The van der Waals surface area contributed by atoms with Crippen molar-refractivity contribution < 1.29 is 9.47 Å². The van der Waals surface area contributed by atoms with Gasteiger partial charge in [0.1, 0.15) is 13.2 Å². The molecule has 3 rings (SSSR count).